The Hall–Kier alpha value is -2.59. The van der Waals surface area contributed by atoms with Crippen LogP contribution >= 0.6 is 0 Å². The molecule has 26 heavy (non-hydrogen) atoms. The Morgan fingerprint density at radius 3 is 2.88 bits per heavy atom. The maximum atomic E-state index is 12.0. The summed E-state index contributed by atoms with van der Waals surface area (Å²) in [6.45, 7) is 0.702. The number of rotatable bonds is 4. The number of methoxy groups -OCH3 is 1. The van der Waals surface area contributed by atoms with Gasteiger partial charge in [-0.05, 0) is 55.1 Å². The van der Waals surface area contributed by atoms with Gasteiger partial charge in [-0.15, -0.1) is 0 Å². The fourth-order valence-corrected chi connectivity index (χ4v) is 4.03. The quantitative estimate of drug-likeness (QED) is 0.658. The van der Waals surface area contributed by atoms with E-state index in [2.05, 4.69) is 36.2 Å². The predicted molar refractivity (Wildman–Crippen MR) is 103 cm³/mol. The Kier molecular flexibility index (Phi) is 4.51. The molecule has 4 rings (SSSR count). The Morgan fingerprint density at radius 2 is 2.04 bits per heavy atom. The van der Waals surface area contributed by atoms with Gasteiger partial charge in [0.15, 0.2) is 0 Å². The standard InChI is InChI=1S/C22H23NO3/c1-23(20-9-5-7-15-6-3-4-8-18(15)20)14-16-12-22(24)26-21-13-17(25-2)10-11-19(16)21/h3-4,6,8,10-13,20H,5,7,9,14H2,1-2H3/t20-/m0/s1. The summed E-state index contributed by atoms with van der Waals surface area (Å²) in [5.41, 5.74) is 4.10. The SMILES string of the molecule is COc1ccc2c(CN(C)[C@H]3CCCc4ccccc43)cc(=O)oc2c1. The van der Waals surface area contributed by atoms with E-state index in [9.17, 15) is 4.79 Å². The molecular formula is C22H23NO3. The van der Waals surface area contributed by atoms with Gasteiger partial charge in [0, 0.05) is 30.1 Å². The van der Waals surface area contributed by atoms with E-state index in [1.165, 1.54) is 17.5 Å². The van der Waals surface area contributed by atoms with Crippen LogP contribution in [0.15, 0.2) is 57.7 Å². The molecule has 0 fully saturated rings. The zero-order valence-electron chi connectivity index (χ0n) is 15.2. The van der Waals surface area contributed by atoms with Crippen LogP contribution in [-0.4, -0.2) is 19.1 Å². The topological polar surface area (TPSA) is 42.7 Å². The van der Waals surface area contributed by atoms with Crippen molar-refractivity contribution >= 4 is 11.0 Å². The van der Waals surface area contributed by atoms with Crippen LogP contribution in [-0.2, 0) is 13.0 Å². The average Bonchev–Trinajstić information content (AvgIpc) is 2.66. The number of ether oxygens (including phenoxy) is 1. The van der Waals surface area contributed by atoms with E-state index in [1.807, 2.05) is 12.1 Å². The van der Waals surface area contributed by atoms with E-state index >= 15 is 0 Å². The smallest absolute Gasteiger partial charge is 0.336 e. The summed E-state index contributed by atoms with van der Waals surface area (Å²) in [4.78, 5) is 14.4. The second-order valence-corrected chi connectivity index (χ2v) is 6.97. The molecule has 0 N–H and O–H groups in total. The number of hydrogen-bond donors (Lipinski definition) is 0. The van der Waals surface area contributed by atoms with E-state index in [4.69, 9.17) is 9.15 Å². The van der Waals surface area contributed by atoms with E-state index in [0.717, 1.165) is 23.8 Å². The molecule has 3 aromatic rings. The van der Waals surface area contributed by atoms with Crippen molar-refractivity contribution in [1.29, 1.82) is 0 Å². The molecular weight excluding hydrogens is 326 g/mol. The fourth-order valence-electron chi connectivity index (χ4n) is 4.03. The first-order valence-electron chi connectivity index (χ1n) is 9.04. The summed E-state index contributed by atoms with van der Waals surface area (Å²) >= 11 is 0. The summed E-state index contributed by atoms with van der Waals surface area (Å²) in [5.74, 6) is 0.687. The summed E-state index contributed by atoms with van der Waals surface area (Å²) in [7, 11) is 3.74. The first-order valence-corrected chi connectivity index (χ1v) is 9.04. The minimum atomic E-state index is -0.321. The normalized spacial score (nSPS) is 16.7. The molecule has 0 aliphatic heterocycles. The Labute approximate surface area is 153 Å². The van der Waals surface area contributed by atoms with E-state index in [-0.39, 0.29) is 5.63 Å². The van der Waals surface area contributed by atoms with Crippen molar-refractivity contribution in [2.24, 2.45) is 0 Å². The maximum Gasteiger partial charge on any atom is 0.336 e. The van der Waals surface area contributed by atoms with Gasteiger partial charge in [-0.3, -0.25) is 4.90 Å². The lowest BCUT2D eigenvalue weighted by Gasteiger charge is -2.33. The van der Waals surface area contributed by atoms with Crippen LogP contribution in [0.4, 0.5) is 0 Å². The summed E-state index contributed by atoms with van der Waals surface area (Å²) < 4.78 is 10.6. The molecule has 1 atom stereocenters. The van der Waals surface area contributed by atoms with Crippen molar-refractivity contribution in [2.75, 3.05) is 14.2 Å². The lowest BCUT2D eigenvalue weighted by atomic mass is 9.87. The molecule has 4 nitrogen and oxygen atoms in total. The van der Waals surface area contributed by atoms with Gasteiger partial charge in [0.2, 0.25) is 0 Å². The zero-order valence-corrected chi connectivity index (χ0v) is 15.2. The molecule has 0 amide bonds. The summed E-state index contributed by atoms with van der Waals surface area (Å²) in [6, 6.07) is 16.3. The molecule has 134 valence electrons. The zero-order chi connectivity index (χ0) is 18.1. The Bertz CT molecular complexity index is 992. The second-order valence-electron chi connectivity index (χ2n) is 6.97. The van der Waals surface area contributed by atoms with Crippen molar-refractivity contribution in [3.05, 3.63) is 75.6 Å². The van der Waals surface area contributed by atoms with Gasteiger partial charge < -0.3 is 9.15 Å². The van der Waals surface area contributed by atoms with E-state index in [1.54, 1.807) is 19.2 Å². The number of aryl methyl sites for hydroxylation is 1. The van der Waals surface area contributed by atoms with Gasteiger partial charge >= 0.3 is 5.63 Å². The maximum absolute atomic E-state index is 12.0. The van der Waals surface area contributed by atoms with Crippen LogP contribution in [0.1, 0.15) is 35.6 Å². The van der Waals surface area contributed by atoms with E-state index < -0.39 is 0 Å². The van der Waals surface area contributed by atoms with Gasteiger partial charge in [-0.2, -0.15) is 0 Å². The fraction of sp³-hybridized carbons (Fsp3) is 0.318. The number of fused-ring (bicyclic) bond motifs is 2. The van der Waals surface area contributed by atoms with Crippen LogP contribution in [0.5, 0.6) is 5.75 Å². The molecule has 1 heterocycles. The van der Waals surface area contributed by atoms with Gasteiger partial charge in [0.05, 0.1) is 7.11 Å². The molecule has 0 unspecified atom stereocenters. The highest BCUT2D eigenvalue weighted by molar-refractivity contribution is 5.81. The third kappa shape index (κ3) is 3.13. The first kappa shape index (κ1) is 16.9. The third-order valence-corrected chi connectivity index (χ3v) is 5.33. The van der Waals surface area contributed by atoms with Crippen molar-refractivity contribution in [1.82, 2.24) is 4.90 Å². The lowest BCUT2D eigenvalue weighted by molar-refractivity contribution is 0.213. The Morgan fingerprint density at radius 1 is 1.19 bits per heavy atom. The molecule has 0 bridgehead atoms. The summed E-state index contributed by atoms with van der Waals surface area (Å²) in [5, 5.41) is 0.960. The molecule has 4 heteroatoms. The number of hydrogen-bond acceptors (Lipinski definition) is 4. The number of benzene rings is 2. The van der Waals surface area contributed by atoms with Crippen LogP contribution in [0.3, 0.4) is 0 Å². The highest BCUT2D eigenvalue weighted by Gasteiger charge is 2.24. The van der Waals surface area contributed by atoms with Crippen molar-refractivity contribution in [2.45, 2.75) is 31.8 Å². The summed E-state index contributed by atoms with van der Waals surface area (Å²) in [6.07, 6.45) is 3.49. The molecule has 0 saturated heterocycles. The first-order chi connectivity index (χ1) is 12.7. The van der Waals surface area contributed by atoms with Gasteiger partial charge in [0.25, 0.3) is 0 Å². The van der Waals surface area contributed by atoms with Crippen LogP contribution in [0, 0.1) is 0 Å². The largest absolute Gasteiger partial charge is 0.497 e. The highest BCUT2D eigenvalue weighted by atomic mass is 16.5. The predicted octanol–water partition coefficient (Wildman–Crippen LogP) is 4.31. The minimum Gasteiger partial charge on any atom is -0.497 e. The van der Waals surface area contributed by atoms with Crippen LogP contribution in [0.2, 0.25) is 0 Å². The van der Waals surface area contributed by atoms with Crippen molar-refractivity contribution in [3.63, 3.8) is 0 Å². The van der Waals surface area contributed by atoms with Gasteiger partial charge in [-0.25, -0.2) is 4.79 Å². The van der Waals surface area contributed by atoms with E-state index in [0.29, 0.717) is 23.9 Å². The molecule has 1 aliphatic rings. The van der Waals surface area contributed by atoms with Gasteiger partial charge in [0.1, 0.15) is 11.3 Å². The minimum absolute atomic E-state index is 0.321. The van der Waals surface area contributed by atoms with Crippen LogP contribution in [0.25, 0.3) is 11.0 Å². The highest BCUT2D eigenvalue weighted by Crippen LogP contribution is 2.34. The number of nitrogens with zero attached hydrogens (tertiary/aromatic N) is 1. The lowest BCUT2D eigenvalue weighted by Crippen LogP contribution is -2.27. The second kappa shape index (κ2) is 6.96. The molecule has 0 saturated carbocycles. The molecule has 1 aliphatic carbocycles. The van der Waals surface area contributed by atoms with Crippen molar-refractivity contribution < 1.29 is 9.15 Å². The Balaban J connectivity index is 1.68. The molecule has 0 spiro atoms. The molecule has 1 aromatic heterocycles. The monoisotopic (exact) mass is 349 g/mol. The van der Waals surface area contributed by atoms with Gasteiger partial charge in [-0.1, -0.05) is 24.3 Å². The van der Waals surface area contributed by atoms with Crippen molar-refractivity contribution in [3.8, 4) is 5.75 Å². The third-order valence-electron chi connectivity index (χ3n) is 5.33. The van der Waals surface area contributed by atoms with Crippen LogP contribution < -0.4 is 10.4 Å². The molecule has 2 aromatic carbocycles. The molecule has 0 radical (unpaired) electrons. The average molecular weight is 349 g/mol.